The van der Waals surface area contributed by atoms with Crippen LogP contribution in [0.1, 0.15) is 24.5 Å². The fourth-order valence-corrected chi connectivity index (χ4v) is 3.77. The van der Waals surface area contributed by atoms with Crippen molar-refractivity contribution in [2.75, 3.05) is 11.4 Å². The van der Waals surface area contributed by atoms with E-state index in [4.69, 9.17) is 10.8 Å². The first-order chi connectivity index (χ1) is 12.5. The summed E-state index contributed by atoms with van der Waals surface area (Å²) in [4.78, 5) is 6.54. The summed E-state index contributed by atoms with van der Waals surface area (Å²) in [6, 6.07) is 10.6. The van der Waals surface area contributed by atoms with Gasteiger partial charge in [-0.1, -0.05) is 12.1 Å². The third-order valence-electron chi connectivity index (χ3n) is 4.94. The lowest BCUT2D eigenvalue weighted by molar-refractivity contribution is 0.629. The number of nitrogens with zero attached hydrogens (tertiary/aromatic N) is 3. The third-order valence-corrected chi connectivity index (χ3v) is 4.94. The van der Waals surface area contributed by atoms with Crippen molar-refractivity contribution in [2.45, 2.75) is 26.7 Å². The van der Waals surface area contributed by atoms with Crippen LogP contribution in [-0.4, -0.2) is 21.9 Å². The molecule has 2 N–H and O–H groups in total. The molecular weight excluding hydrogens is 329 g/mol. The highest BCUT2D eigenvalue weighted by Crippen LogP contribution is 2.36. The summed E-state index contributed by atoms with van der Waals surface area (Å²) in [6.07, 6.45) is 1.98. The van der Waals surface area contributed by atoms with Gasteiger partial charge in [0.1, 0.15) is 17.5 Å². The first kappa shape index (κ1) is 16.4. The number of hydrogen-bond acceptors (Lipinski definition) is 4. The Morgan fingerprint density at radius 1 is 1.23 bits per heavy atom. The van der Waals surface area contributed by atoms with Crippen LogP contribution in [0.5, 0.6) is 0 Å². The molecule has 1 aromatic heterocycles. The number of rotatable bonds is 1. The van der Waals surface area contributed by atoms with E-state index < -0.39 is 0 Å². The number of aryl methyl sites for hydroxylation is 1. The Balaban J connectivity index is 2.04. The fraction of sp³-hybridized carbons (Fsp3) is 0.250. The molecule has 1 aliphatic rings. The lowest BCUT2D eigenvalue weighted by atomic mass is 9.97. The van der Waals surface area contributed by atoms with Gasteiger partial charge in [-0.2, -0.15) is 4.98 Å². The van der Waals surface area contributed by atoms with Gasteiger partial charge >= 0.3 is 0 Å². The predicted molar refractivity (Wildman–Crippen MR) is 101 cm³/mol. The van der Waals surface area contributed by atoms with Crippen LogP contribution in [-0.2, 0) is 6.42 Å². The van der Waals surface area contributed by atoms with Crippen molar-refractivity contribution in [1.29, 1.82) is 10.8 Å². The predicted octanol–water partition coefficient (Wildman–Crippen LogP) is 3.89. The molecular formula is C20H20FN5. The van der Waals surface area contributed by atoms with E-state index in [1.807, 2.05) is 6.07 Å². The van der Waals surface area contributed by atoms with Crippen LogP contribution in [0, 0.1) is 23.6 Å². The lowest BCUT2D eigenvalue weighted by Gasteiger charge is -2.32. The molecule has 0 radical (unpaired) electrons. The van der Waals surface area contributed by atoms with E-state index in [1.54, 1.807) is 13.0 Å². The number of hydrogen-bond donors (Lipinski definition) is 2. The molecule has 5 nitrogen and oxygen atoms in total. The van der Waals surface area contributed by atoms with Crippen LogP contribution in [0.15, 0.2) is 36.4 Å². The molecule has 0 aliphatic carbocycles. The number of fused-ring (bicyclic) bond motifs is 2. The van der Waals surface area contributed by atoms with Crippen LogP contribution >= 0.6 is 0 Å². The van der Waals surface area contributed by atoms with E-state index in [2.05, 4.69) is 28.9 Å². The maximum Gasteiger partial charge on any atom is 0.230 e. The average Bonchev–Trinajstić information content (AvgIpc) is 2.61. The maximum atomic E-state index is 14.0. The minimum Gasteiger partial charge on any atom is -0.325 e. The van der Waals surface area contributed by atoms with E-state index in [0.717, 1.165) is 25.1 Å². The second-order valence-electron chi connectivity index (χ2n) is 6.67. The summed E-state index contributed by atoms with van der Waals surface area (Å²) >= 11 is 0. The number of benzene rings is 2. The summed E-state index contributed by atoms with van der Waals surface area (Å²) < 4.78 is 15.5. The quantitative estimate of drug-likeness (QED) is 0.517. The smallest absolute Gasteiger partial charge is 0.230 e. The van der Waals surface area contributed by atoms with Crippen molar-refractivity contribution < 1.29 is 4.39 Å². The van der Waals surface area contributed by atoms with Crippen molar-refractivity contribution in [1.82, 2.24) is 9.55 Å². The summed E-state index contributed by atoms with van der Waals surface area (Å²) in [5.41, 5.74) is 4.17. The molecule has 0 bridgehead atoms. The molecule has 0 atom stereocenters. The molecule has 0 spiro atoms. The molecule has 1 aliphatic heterocycles. The molecule has 4 rings (SSSR count). The zero-order chi connectivity index (χ0) is 18.4. The van der Waals surface area contributed by atoms with Gasteiger partial charge in [0.2, 0.25) is 5.62 Å². The molecule has 132 valence electrons. The first-order valence-corrected chi connectivity index (χ1v) is 8.66. The van der Waals surface area contributed by atoms with Crippen LogP contribution in [0.25, 0.3) is 10.9 Å². The van der Waals surface area contributed by atoms with Gasteiger partial charge in [0.25, 0.3) is 0 Å². The molecule has 2 heterocycles. The second kappa shape index (κ2) is 6.05. The van der Waals surface area contributed by atoms with Gasteiger partial charge in [0.15, 0.2) is 0 Å². The van der Waals surface area contributed by atoms with E-state index in [0.29, 0.717) is 16.7 Å². The summed E-state index contributed by atoms with van der Waals surface area (Å²) in [6.45, 7) is 4.46. The molecule has 0 unspecified atom stereocenters. The average molecular weight is 349 g/mol. The van der Waals surface area contributed by atoms with E-state index in [9.17, 15) is 4.39 Å². The minimum absolute atomic E-state index is 0.0219. The van der Waals surface area contributed by atoms with Gasteiger partial charge in [0.05, 0.1) is 5.52 Å². The summed E-state index contributed by atoms with van der Waals surface area (Å²) in [5, 5.41) is 16.9. The van der Waals surface area contributed by atoms with Gasteiger partial charge in [-0.15, -0.1) is 0 Å². The van der Waals surface area contributed by atoms with E-state index in [1.165, 1.54) is 27.8 Å². The molecule has 3 aromatic rings. The SMILES string of the molecule is CC(=N)n1c(=N)nc(N2CCCc3c(C)cccc32)c2cc(F)ccc21. The fourth-order valence-electron chi connectivity index (χ4n) is 3.77. The standard InChI is InChI=1S/C20H20FN5/c1-12-5-3-7-17-15(12)6-4-10-25(17)19-16-11-14(21)8-9-18(16)26(13(2)22)20(23)24-19/h3,5,7-9,11,22-23H,4,6,10H2,1-2H3. The summed E-state index contributed by atoms with van der Waals surface area (Å²) in [5.74, 6) is 0.406. The monoisotopic (exact) mass is 349 g/mol. The van der Waals surface area contributed by atoms with E-state index in [-0.39, 0.29) is 17.3 Å². The molecule has 0 saturated carbocycles. The Morgan fingerprint density at radius 2 is 2.04 bits per heavy atom. The Morgan fingerprint density at radius 3 is 2.81 bits per heavy atom. The number of nitrogens with one attached hydrogen (secondary N) is 2. The lowest BCUT2D eigenvalue weighted by Crippen LogP contribution is -2.33. The Hall–Kier alpha value is -3.02. The number of anilines is 2. The highest BCUT2D eigenvalue weighted by atomic mass is 19.1. The van der Waals surface area contributed by atoms with Crippen molar-refractivity contribution in [3.63, 3.8) is 0 Å². The van der Waals surface area contributed by atoms with Crippen LogP contribution in [0.3, 0.4) is 0 Å². The minimum atomic E-state index is -0.353. The van der Waals surface area contributed by atoms with Gasteiger partial charge in [-0.3, -0.25) is 15.4 Å². The molecule has 0 amide bonds. The Kier molecular flexibility index (Phi) is 3.83. The van der Waals surface area contributed by atoms with Gasteiger partial charge in [-0.25, -0.2) is 4.39 Å². The van der Waals surface area contributed by atoms with Gasteiger partial charge in [-0.05, 0) is 62.1 Å². The van der Waals surface area contributed by atoms with Crippen LogP contribution in [0.4, 0.5) is 15.9 Å². The molecule has 6 heteroatoms. The van der Waals surface area contributed by atoms with Gasteiger partial charge in [0, 0.05) is 17.6 Å². The molecule has 0 saturated heterocycles. The van der Waals surface area contributed by atoms with Crippen molar-refractivity contribution >= 4 is 28.2 Å². The van der Waals surface area contributed by atoms with E-state index >= 15 is 0 Å². The zero-order valence-corrected chi connectivity index (χ0v) is 14.8. The number of aromatic nitrogens is 2. The molecule has 0 fully saturated rings. The Bertz CT molecular complexity index is 1100. The first-order valence-electron chi connectivity index (χ1n) is 8.66. The highest BCUT2D eigenvalue weighted by molar-refractivity contribution is 5.97. The normalized spacial score (nSPS) is 13.7. The van der Waals surface area contributed by atoms with Crippen LogP contribution < -0.4 is 10.5 Å². The van der Waals surface area contributed by atoms with Crippen LogP contribution in [0.2, 0.25) is 0 Å². The van der Waals surface area contributed by atoms with Crippen molar-refractivity contribution in [2.24, 2.45) is 0 Å². The third kappa shape index (κ3) is 2.49. The molecule has 2 aromatic carbocycles. The highest BCUT2D eigenvalue weighted by Gasteiger charge is 2.23. The largest absolute Gasteiger partial charge is 0.325 e. The second-order valence-corrected chi connectivity index (χ2v) is 6.67. The number of halogens is 1. The van der Waals surface area contributed by atoms with Crippen molar-refractivity contribution in [3.8, 4) is 0 Å². The van der Waals surface area contributed by atoms with Gasteiger partial charge < -0.3 is 4.90 Å². The van der Waals surface area contributed by atoms with Crippen molar-refractivity contribution in [3.05, 3.63) is 59.0 Å². The molecule has 26 heavy (non-hydrogen) atoms. The summed E-state index contributed by atoms with van der Waals surface area (Å²) in [7, 11) is 0. The Labute approximate surface area is 150 Å². The zero-order valence-electron chi connectivity index (χ0n) is 14.8. The maximum absolute atomic E-state index is 14.0. The topological polar surface area (TPSA) is 68.8 Å².